The Balaban J connectivity index is 1.83. The number of nitrogens with zero attached hydrogens (tertiary/aromatic N) is 4. The number of terminal acetylenes is 1. The number of hydrogen-bond donors (Lipinski definition) is 6. The number of alkyl halides is 1. The number of fused-ring (bicyclic) bond motifs is 1. The van der Waals surface area contributed by atoms with Crippen LogP contribution in [0.15, 0.2) is 12.5 Å². The smallest absolute Gasteiger partial charge is 0.396 e. The zero-order valence-electron chi connectivity index (χ0n) is 16.6. The van der Waals surface area contributed by atoms with E-state index >= 15 is 0 Å². The van der Waals surface area contributed by atoms with Gasteiger partial charge in [-0.3, -0.25) is 9.09 Å². The Morgan fingerprint density at radius 1 is 1.24 bits per heavy atom. The molecule has 1 saturated heterocycles. The molecule has 188 valence electrons. The lowest BCUT2D eigenvalue weighted by molar-refractivity contribution is -0.0341. The molecule has 1 fully saturated rings. The highest BCUT2D eigenvalue weighted by molar-refractivity contribution is 7.66. The lowest BCUT2D eigenvalue weighted by Crippen LogP contribution is -2.38. The van der Waals surface area contributed by atoms with E-state index in [0.29, 0.717) is 5.52 Å². The second-order valence-corrected chi connectivity index (χ2v) is 11.7. The maximum absolute atomic E-state index is 12.0. The van der Waals surface area contributed by atoms with Crippen molar-refractivity contribution in [2.45, 2.75) is 17.2 Å². The fourth-order valence-electron chi connectivity index (χ4n) is 3.15. The highest BCUT2D eigenvalue weighted by Crippen LogP contribution is 2.66. The molecule has 0 aromatic carbocycles. The van der Waals surface area contributed by atoms with E-state index in [4.69, 9.17) is 38.3 Å². The standard InChI is InChI=1S/C13H17ClN5O12P3/c1-2-13(14)7(4-20)9(5-28-33(24,25)31-34(26,27)30-32(21,22)23)29-11(13)19-6-17-8-3-16-12(15)18-10(8)19/h1,3,6-7,9,11,20H,4-5H2,(H,24,25)(H,26,27)(H2,15,16,18)(H2,21,22,23)/t7?,9-,11-,13?/m1/s1. The molecule has 1 aliphatic heterocycles. The monoisotopic (exact) mass is 563 g/mol. The van der Waals surface area contributed by atoms with E-state index in [1.165, 1.54) is 17.1 Å². The van der Waals surface area contributed by atoms with Crippen molar-refractivity contribution in [2.24, 2.45) is 5.92 Å². The minimum absolute atomic E-state index is 0.101. The SMILES string of the molecule is C#CC1(Cl)C(CO)[C@@H](COP(=O)(O)OP(=O)(O)OP(=O)(O)O)O[C@H]1n1cnc2cnc(N)nc21. The van der Waals surface area contributed by atoms with E-state index < -0.39 is 59.8 Å². The van der Waals surface area contributed by atoms with E-state index in [1.54, 1.807) is 0 Å². The Morgan fingerprint density at radius 2 is 1.91 bits per heavy atom. The van der Waals surface area contributed by atoms with E-state index in [-0.39, 0.29) is 11.6 Å². The molecule has 0 amide bonds. The highest BCUT2D eigenvalue weighted by atomic mass is 35.5. The number of aromatic nitrogens is 4. The quantitative estimate of drug-likeness (QED) is 0.132. The van der Waals surface area contributed by atoms with Gasteiger partial charge in [0.25, 0.3) is 0 Å². The molecule has 4 unspecified atom stereocenters. The fraction of sp³-hybridized carbons (Fsp3) is 0.462. The zero-order chi connectivity index (χ0) is 25.5. The van der Waals surface area contributed by atoms with Crippen LogP contribution in [0.2, 0.25) is 0 Å². The molecule has 2 aromatic rings. The Labute approximate surface area is 195 Å². The number of phosphoric ester groups is 1. The Bertz CT molecular complexity index is 1260. The molecule has 0 radical (unpaired) electrons. The van der Waals surface area contributed by atoms with Crippen LogP contribution in [0.5, 0.6) is 0 Å². The summed E-state index contributed by atoms with van der Waals surface area (Å²) < 4.78 is 53.2. The van der Waals surface area contributed by atoms with Crippen LogP contribution in [0, 0.1) is 18.3 Å². The Hall–Kier alpha value is -1.47. The van der Waals surface area contributed by atoms with Crippen LogP contribution in [0.3, 0.4) is 0 Å². The van der Waals surface area contributed by atoms with Gasteiger partial charge >= 0.3 is 23.5 Å². The van der Waals surface area contributed by atoms with Crippen LogP contribution in [-0.4, -0.2) is 68.4 Å². The molecular formula is C13H17ClN5O12P3. The van der Waals surface area contributed by atoms with Crippen LogP contribution >= 0.6 is 35.1 Å². The van der Waals surface area contributed by atoms with Crippen molar-refractivity contribution in [1.82, 2.24) is 19.5 Å². The van der Waals surface area contributed by atoms with Crippen LogP contribution in [0.1, 0.15) is 6.23 Å². The van der Waals surface area contributed by atoms with E-state index in [2.05, 4.69) is 34.0 Å². The van der Waals surface area contributed by atoms with E-state index in [9.17, 15) is 28.6 Å². The van der Waals surface area contributed by atoms with Gasteiger partial charge in [0.15, 0.2) is 16.7 Å². The first kappa shape index (κ1) is 27.1. The third-order valence-electron chi connectivity index (χ3n) is 4.47. The minimum atomic E-state index is -5.72. The van der Waals surface area contributed by atoms with Crippen molar-refractivity contribution < 1.29 is 56.3 Å². The second-order valence-electron chi connectivity index (χ2n) is 6.70. The van der Waals surface area contributed by atoms with Gasteiger partial charge < -0.3 is 35.2 Å². The van der Waals surface area contributed by atoms with E-state index in [1.807, 2.05) is 0 Å². The zero-order valence-corrected chi connectivity index (χ0v) is 20.0. The molecule has 0 saturated carbocycles. The normalized spacial score (nSPS) is 28.9. The van der Waals surface area contributed by atoms with Gasteiger partial charge in [-0.25, -0.2) is 23.7 Å². The van der Waals surface area contributed by atoms with Crippen LogP contribution in [0.25, 0.3) is 11.2 Å². The topological polar surface area (TPSA) is 259 Å². The number of rotatable bonds is 9. The maximum atomic E-state index is 12.0. The van der Waals surface area contributed by atoms with Crippen LogP contribution < -0.4 is 5.73 Å². The molecule has 7 N–H and O–H groups in total. The summed E-state index contributed by atoms with van der Waals surface area (Å²) in [5.41, 5.74) is 6.07. The number of nitrogen functional groups attached to an aromatic ring is 1. The van der Waals surface area contributed by atoms with Gasteiger partial charge in [0.1, 0.15) is 5.52 Å². The first-order chi connectivity index (χ1) is 15.6. The van der Waals surface area contributed by atoms with Crippen LogP contribution in [0.4, 0.5) is 5.95 Å². The van der Waals surface area contributed by atoms with Gasteiger partial charge in [0, 0.05) is 5.92 Å². The summed E-state index contributed by atoms with van der Waals surface area (Å²) in [4.78, 5) is 46.2. The molecule has 34 heavy (non-hydrogen) atoms. The third kappa shape index (κ3) is 5.84. The number of anilines is 1. The molecule has 3 heterocycles. The van der Waals surface area contributed by atoms with Crippen molar-refractivity contribution >= 4 is 52.2 Å². The summed E-state index contributed by atoms with van der Waals surface area (Å²) in [6, 6.07) is 0. The molecular weight excluding hydrogens is 547 g/mol. The lowest BCUT2D eigenvalue weighted by Gasteiger charge is -2.27. The molecule has 0 bridgehead atoms. The number of hydrogen-bond acceptors (Lipinski definition) is 12. The van der Waals surface area contributed by atoms with Crippen molar-refractivity contribution in [3.8, 4) is 12.3 Å². The first-order valence-corrected chi connectivity index (χ1v) is 13.7. The molecule has 21 heteroatoms. The molecule has 6 atom stereocenters. The van der Waals surface area contributed by atoms with Gasteiger partial charge in [0.2, 0.25) is 5.95 Å². The number of phosphoric acid groups is 3. The molecule has 0 aliphatic carbocycles. The van der Waals surface area contributed by atoms with Gasteiger partial charge in [0.05, 0.1) is 31.8 Å². The van der Waals surface area contributed by atoms with Gasteiger partial charge in [-0.05, 0) is 0 Å². The summed E-state index contributed by atoms with van der Waals surface area (Å²) in [6.07, 6.45) is 5.62. The third-order valence-corrected chi connectivity index (χ3v) is 8.85. The molecule has 2 aromatic heterocycles. The van der Waals surface area contributed by atoms with Crippen molar-refractivity contribution in [1.29, 1.82) is 0 Å². The number of nitrogens with two attached hydrogens (primary N) is 1. The van der Waals surface area contributed by atoms with Crippen LogP contribution in [-0.2, 0) is 31.6 Å². The number of aliphatic hydroxyl groups excluding tert-OH is 1. The fourth-order valence-corrected chi connectivity index (χ4v) is 6.54. The number of aliphatic hydroxyl groups is 1. The van der Waals surface area contributed by atoms with Gasteiger partial charge in [-0.2, -0.15) is 13.6 Å². The summed E-state index contributed by atoms with van der Waals surface area (Å²) in [6.45, 7) is -1.58. The maximum Gasteiger partial charge on any atom is 0.490 e. The predicted molar refractivity (Wildman–Crippen MR) is 111 cm³/mol. The summed E-state index contributed by atoms with van der Waals surface area (Å²) in [5, 5.41) is 9.88. The molecule has 0 spiro atoms. The number of ether oxygens (including phenoxy) is 1. The first-order valence-electron chi connectivity index (χ1n) is 8.77. The largest absolute Gasteiger partial charge is 0.490 e. The van der Waals surface area contributed by atoms with Crippen molar-refractivity contribution in [3.63, 3.8) is 0 Å². The summed E-state index contributed by atoms with van der Waals surface area (Å²) in [5.74, 6) is 1.07. The van der Waals surface area contributed by atoms with Crippen molar-refractivity contribution in [3.05, 3.63) is 12.5 Å². The van der Waals surface area contributed by atoms with Gasteiger partial charge in [-0.1, -0.05) is 17.5 Å². The average Bonchev–Trinajstić information content (AvgIpc) is 3.21. The van der Waals surface area contributed by atoms with Gasteiger partial charge in [-0.15, -0.1) is 6.42 Å². The summed E-state index contributed by atoms with van der Waals surface area (Å²) >= 11 is 6.59. The second kappa shape index (κ2) is 9.53. The Morgan fingerprint density at radius 3 is 2.50 bits per heavy atom. The average molecular weight is 564 g/mol. The predicted octanol–water partition coefficient (Wildman–Crippen LogP) is -0.132. The minimum Gasteiger partial charge on any atom is -0.396 e. The highest BCUT2D eigenvalue weighted by Gasteiger charge is 2.56. The Kier molecular flexibility index (Phi) is 7.60. The molecule has 1 aliphatic rings. The number of halogens is 1. The number of imidazole rings is 1. The van der Waals surface area contributed by atoms with Crippen molar-refractivity contribution in [2.75, 3.05) is 18.9 Å². The molecule has 3 rings (SSSR count). The lowest BCUT2D eigenvalue weighted by atomic mass is 9.89. The molecule has 17 nitrogen and oxygen atoms in total. The van der Waals surface area contributed by atoms with E-state index in [0.717, 1.165) is 0 Å². The summed E-state index contributed by atoms with van der Waals surface area (Å²) in [7, 11) is -16.7.